The summed E-state index contributed by atoms with van der Waals surface area (Å²) in [6.45, 7) is 7.26. The van der Waals surface area contributed by atoms with Crippen LogP contribution in [-0.4, -0.2) is 29.4 Å². The molecule has 2 rings (SSSR count). The minimum absolute atomic E-state index is 0.181. The van der Waals surface area contributed by atoms with E-state index in [-0.39, 0.29) is 5.91 Å². The molecule has 1 heterocycles. The summed E-state index contributed by atoms with van der Waals surface area (Å²) in [5, 5.41) is 3.38. The normalized spacial score (nSPS) is 19.2. The molecule has 1 aromatic rings. The zero-order valence-electron chi connectivity index (χ0n) is 12.9. The summed E-state index contributed by atoms with van der Waals surface area (Å²) in [4.78, 5) is 14.9. The lowest BCUT2D eigenvalue weighted by Gasteiger charge is -2.35. The third-order valence-corrected chi connectivity index (χ3v) is 3.96. The molecule has 1 atom stereocenters. The summed E-state index contributed by atoms with van der Waals surface area (Å²) in [6.07, 6.45) is 4.56. The number of carbonyl (C=O) groups excluding carboxylic acids is 1. The number of anilines is 1. The number of piperidine rings is 1. The predicted octanol–water partition coefficient (Wildman–Crippen LogP) is 3.91. The van der Waals surface area contributed by atoms with E-state index in [1.165, 1.54) is 6.42 Å². The first-order valence-corrected chi connectivity index (χ1v) is 7.80. The average molecular weight is 274 g/mol. The number of hydrogen-bond acceptors (Lipinski definition) is 2. The van der Waals surface area contributed by atoms with Crippen molar-refractivity contribution >= 4 is 11.6 Å². The van der Waals surface area contributed by atoms with Crippen LogP contribution in [0.4, 0.5) is 5.69 Å². The van der Waals surface area contributed by atoms with Gasteiger partial charge in [-0.25, -0.2) is 0 Å². The third-order valence-electron chi connectivity index (χ3n) is 3.96. The molecule has 1 unspecified atom stereocenters. The second-order valence-electron chi connectivity index (χ2n) is 5.90. The van der Waals surface area contributed by atoms with Gasteiger partial charge < -0.3 is 10.2 Å². The molecule has 110 valence electrons. The maximum absolute atomic E-state index is 12.9. The molecular weight excluding hydrogens is 248 g/mol. The monoisotopic (exact) mass is 274 g/mol. The number of benzene rings is 1. The van der Waals surface area contributed by atoms with Gasteiger partial charge in [-0.05, 0) is 51.7 Å². The van der Waals surface area contributed by atoms with Crippen LogP contribution < -0.4 is 5.32 Å². The van der Waals surface area contributed by atoms with Gasteiger partial charge in [-0.15, -0.1) is 0 Å². The highest BCUT2D eigenvalue weighted by atomic mass is 16.2. The van der Waals surface area contributed by atoms with Gasteiger partial charge in [-0.3, -0.25) is 4.79 Å². The summed E-state index contributed by atoms with van der Waals surface area (Å²) in [5.74, 6) is 0.181. The SMILES string of the molecule is CCC1CCCCN1C(=O)c1ccccc1NC(C)C. The number of rotatable bonds is 4. The average Bonchev–Trinajstić information content (AvgIpc) is 2.46. The maximum atomic E-state index is 12.9. The molecule has 1 saturated heterocycles. The molecule has 0 radical (unpaired) electrons. The van der Waals surface area contributed by atoms with E-state index in [1.807, 2.05) is 24.3 Å². The molecule has 1 aromatic carbocycles. The van der Waals surface area contributed by atoms with Crippen molar-refractivity contribution in [1.82, 2.24) is 4.90 Å². The Morgan fingerprint density at radius 3 is 2.80 bits per heavy atom. The van der Waals surface area contributed by atoms with Crippen LogP contribution in [-0.2, 0) is 0 Å². The fraction of sp³-hybridized carbons (Fsp3) is 0.588. The second-order valence-corrected chi connectivity index (χ2v) is 5.90. The van der Waals surface area contributed by atoms with Crippen LogP contribution in [0.3, 0.4) is 0 Å². The van der Waals surface area contributed by atoms with Gasteiger partial charge in [0.2, 0.25) is 0 Å². The standard InChI is InChI=1S/C17H26N2O/c1-4-14-9-7-8-12-19(14)17(20)15-10-5-6-11-16(15)18-13(2)3/h5-6,10-11,13-14,18H,4,7-9,12H2,1-3H3. The molecule has 0 aromatic heterocycles. The van der Waals surface area contributed by atoms with Gasteiger partial charge in [0, 0.05) is 24.3 Å². The van der Waals surface area contributed by atoms with E-state index >= 15 is 0 Å². The van der Waals surface area contributed by atoms with Crippen LogP contribution in [0.5, 0.6) is 0 Å². The van der Waals surface area contributed by atoms with E-state index in [1.54, 1.807) is 0 Å². The van der Waals surface area contributed by atoms with Gasteiger partial charge in [0.25, 0.3) is 5.91 Å². The topological polar surface area (TPSA) is 32.3 Å². The van der Waals surface area contributed by atoms with Crippen LogP contribution in [0.1, 0.15) is 56.8 Å². The molecule has 1 amide bonds. The van der Waals surface area contributed by atoms with E-state index in [4.69, 9.17) is 0 Å². The van der Waals surface area contributed by atoms with Crippen molar-refractivity contribution in [3.63, 3.8) is 0 Å². The van der Waals surface area contributed by atoms with Gasteiger partial charge in [-0.1, -0.05) is 19.1 Å². The first-order chi connectivity index (χ1) is 9.63. The Hall–Kier alpha value is -1.51. The van der Waals surface area contributed by atoms with Crippen molar-refractivity contribution in [1.29, 1.82) is 0 Å². The Morgan fingerprint density at radius 2 is 2.10 bits per heavy atom. The van der Waals surface area contributed by atoms with Crippen molar-refractivity contribution in [3.05, 3.63) is 29.8 Å². The summed E-state index contributed by atoms with van der Waals surface area (Å²) in [6, 6.07) is 8.60. The van der Waals surface area contributed by atoms with E-state index in [0.717, 1.165) is 37.1 Å². The summed E-state index contributed by atoms with van der Waals surface area (Å²) in [7, 11) is 0. The lowest BCUT2D eigenvalue weighted by Crippen LogP contribution is -2.43. The first-order valence-electron chi connectivity index (χ1n) is 7.80. The number of para-hydroxylation sites is 1. The lowest BCUT2D eigenvalue weighted by atomic mass is 9.98. The molecule has 3 nitrogen and oxygen atoms in total. The number of likely N-dealkylation sites (tertiary alicyclic amines) is 1. The fourth-order valence-corrected chi connectivity index (χ4v) is 2.95. The molecule has 0 bridgehead atoms. The number of nitrogens with zero attached hydrogens (tertiary/aromatic N) is 1. The second kappa shape index (κ2) is 6.78. The van der Waals surface area contributed by atoms with Gasteiger partial charge in [-0.2, -0.15) is 0 Å². The Balaban J connectivity index is 2.23. The number of nitrogens with one attached hydrogen (secondary N) is 1. The first kappa shape index (κ1) is 14.9. The zero-order valence-corrected chi connectivity index (χ0v) is 12.9. The molecule has 3 heteroatoms. The maximum Gasteiger partial charge on any atom is 0.256 e. The highest BCUT2D eigenvalue weighted by Gasteiger charge is 2.27. The molecule has 1 aliphatic heterocycles. The molecule has 0 spiro atoms. The highest BCUT2D eigenvalue weighted by Crippen LogP contribution is 2.25. The Bertz CT molecular complexity index is 456. The molecule has 20 heavy (non-hydrogen) atoms. The highest BCUT2D eigenvalue weighted by molar-refractivity contribution is 5.99. The largest absolute Gasteiger partial charge is 0.382 e. The van der Waals surface area contributed by atoms with Gasteiger partial charge in [0.05, 0.1) is 5.56 Å². The van der Waals surface area contributed by atoms with Crippen LogP contribution >= 0.6 is 0 Å². The van der Waals surface area contributed by atoms with E-state index in [9.17, 15) is 4.79 Å². The fourth-order valence-electron chi connectivity index (χ4n) is 2.95. The van der Waals surface area contributed by atoms with Crippen molar-refractivity contribution in [2.45, 2.75) is 58.5 Å². The Morgan fingerprint density at radius 1 is 1.35 bits per heavy atom. The van der Waals surface area contributed by atoms with Crippen molar-refractivity contribution in [2.75, 3.05) is 11.9 Å². The van der Waals surface area contributed by atoms with E-state index in [0.29, 0.717) is 12.1 Å². The minimum Gasteiger partial charge on any atom is -0.382 e. The Kier molecular flexibility index (Phi) is 5.05. The van der Waals surface area contributed by atoms with Crippen molar-refractivity contribution in [2.24, 2.45) is 0 Å². The molecular formula is C17H26N2O. The van der Waals surface area contributed by atoms with Crippen LogP contribution in [0.2, 0.25) is 0 Å². The van der Waals surface area contributed by atoms with Gasteiger partial charge >= 0.3 is 0 Å². The minimum atomic E-state index is 0.181. The summed E-state index contributed by atoms with van der Waals surface area (Å²) >= 11 is 0. The van der Waals surface area contributed by atoms with Gasteiger partial charge in [0.15, 0.2) is 0 Å². The summed E-state index contributed by atoms with van der Waals surface area (Å²) in [5.41, 5.74) is 1.76. The molecule has 1 aliphatic rings. The van der Waals surface area contributed by atoms with Crippen molar-refractivity contribution in [3.8, 4) is 0 Å². The van der Waals surface area contributed by atoms with Crippen LogP contribution in [0.25, 0.3) is 0 Å². The smallest absolute Gasteiger partial charge is 0.256 e. The number of amides is 1. The molecule has 0 aliphatic carbocycles. The van der Waals surface area contributed by atoms with Gasteiger partial charge in [0.1, 0.15) is 0 Å². The molecule has 1 N–H and O–H groups in total. The van der Waals surface area contributed by atoms with Crippen LogP contribution in [0, 0.1) is 0 Å². The summed E-state index contributed by atoms with van der Waals surface area (Å²) < 4.78 is 0. The zero-order chi connectivity index (χ0) is 14.5. The Labute approximate surface area is 122 Å². The molecule has 0 saturated carbocycles. The van der Waals surface area contributed by atoms with Crippen LogP contribution in [0.15, 0.2) is 24.3 Å². The van der Waals surface area contributed by atoms with Crippen molar-refractivity contribution < 1.29 is 4.79 Å². The van der Waals surface area contributed by atoms with E-state index < -0.39 is 0 Å². The predicted molar refractivity (Wildman–Crippen MR) is 84.2 cm³/mol. The van der Waals surface area contributed by atoms with E-state index in [2.05, 4.69) is 31.0 Å². The number of carbonyl (C=O) groups is 1. The number of hydrogen-bond donors (Lipinski definition) is 1. The quantitative estimate of drug-likeness (QED) is 0.902. The molecule has 1 fully saturated rings. The lowest BCUT2D eigenvalue weighted by molar-refractivity contribution is 0.0609. The third kappa shape index (κ3) is 3.33.